The van der Waals surface area contributed by atoms with E-state index >= 15 is 0 Å². The van der Waals surface area contributed by atoms with Gasteiger partial charge in [0.2, 0.25) is 0 Å². The van der Waals surface area contributed by atoms with E-state index < -0.39 is 57.2 Å². The first kappa shape index (κ1) is 29.7. The van der Waals surface area contributed by atoms with E-state index in [0.29, 0.717) is 34.1 Å². The molecule has 0 radical (unpaired) electrons. The molecular weight excluding hydrogens is 618 g/mol. The van der Waals surface area contributed by atoms with Crippen molar-refractivity contribution in [3.63, 3.8) is 0 Å². The molecule has 4 aromatic rings. The summed E-state index contributed by atoms with van der Waals surface area (Å²) >= 11 is 0.608. The van der Waals surface area contributed by atoms with Gasteiger partial charge in [-0.3, -0.25) is 5.32 Å². The number of carbonyl (C=O) groups is 1. The number of carbonyl (C=O) groups excluding carboxylic acids is 1. The first-order valence-electron chi connectivity index (χ1n) is 11.8. The van der Waals surface area contributed by atoms with Crippen molar-refractivity contribution in [1.82, 2.24) is 23.9 Å². The Morgan fingerprint density at radius 2 is 1.81 bits per heavy atom. The van der Waals surface area contributed by atoms with E-state index in [4.69, 9.17) is 4.74 Å². The number of aliphatic hydroxyl groups is 1. The van der Waals surface area contributed by atoms with Crippen LogP contribution in [0.25, 0.3) is 16.9 Å². The number of halogens is 6. The van der Waals surface area contributed by atoms with E-state index in [2.05, 4.69) is 20.4 Å². The number of benzene rings is 1. The van der Waals surface area contributed by atoms with Crippen LogP contribution in [0.4, 0.5) is 36.3 Å². The van der Waals surface area contributed by atoms with Gasteiger partial charge in [0.15, 0.2) is 26.4 Å². The number of aliphatic hydroxyl groups excluding tert-OH is 1. The van der Waals surface area contributed by atoms with Crippen molar-refractivity contribution in [2.45, 2.75) is 36.0 Å². The summed E-state index contributed by atoms with van der Waals surface area (Å²) in [5.41, 5.74) is -3.31. The summed E-state index contributed by atoms with van der Waals surface area (Å²) in [4.78, 5) is 20.6. The van der Waals surface area contributed by atoms with Gasteiger partial charge < -0.3 is 9.84 Å². The van der Waals surface area contributed by atoms with Gasteiger partial charge >= 0.3 is 18.4 Å². The summed E-state index contributed by atoms with van der Waals surface area (Å²) in [5.74, 6) is -0.529. The Kier molecular flexibility index (Phi) is 7.40. The smallest absolute Gasteiger partial charge is 0.404 e. The monoisotopic (exact) mass is 636 g/mol. The first-order chi connectivity index (χ1) is 19.5. The largest absolute Gasteiger partial charge is 0.433 e. The van der Waals surface area contributed by atoms with Crippen molar-refractivity contribution >= 4 is 38.2 Å². The van der Waals surface area contributed by atoms with Crippen molar-refractivity contribution in [2.75, 3.05) is 18.4 Å². The summed E-state index contributed by atoms with van der Waals surface area (Å²) in [6, 6.07) is 3.86. The number of sulfonamides is 1. The number of alkyl halides is 6. The highest BCUT2D eigenvalue weighted by molar-refractivity contribution is 7.91. The second-order valence-electron chi connectivity index (χ2n) is 9.06. The van der Waals surface area contributed by atoms with Crippen LogP contribution in [-0.2, 0) is 22.4 Å². The number of thiazole rings is 1. The predicted molar refractivity (Wildman–Crippen MR) is 134 cm³/mol. The predicted octanol–water partition coefficient (Wildman–Crippen LogP) is 4.57. The van der Waals surface area contributed by atoms with Crippen LogP contribution in [0, 0.1) is 6.92 Å². The quantitative estimate of drug-likeness (QED) is 0.304. The average molecular weight is 637 g/mol. The van der Waals surface area contributed by atoms with E-state index in [9.17, 15) is 44.7 Å². The number of rotatable bonds is 5. The maximum atomic E-state index is 13.8. The Hall–Kier alpha value is -3.81. The minimum Gasteiger partial charge on any atom is -0.404 e. The Morgan fingerprint density at radius 3 is 2.40 bits per heavy atom. The standard InChI is InChI=1S/C23H18F6N6O5S2/c1-11-19(42(38,39)34-7-6-14(36)10-34)41-20(31-11)33-21(37)40-16-9-30-35-17(23(27,28)29)8-15(32-18(16)35)12-2-4-13(5-3-12)22(24,25)26/h2-5,8-9,14,36H,6-7,10H2,1H3,(H,31,33,37). The van der Waals surface area contributed by atoms with Crippen LogP contribution in [0.1, 0.15) is 23.4 Å². The van der Waals surface area contributed by atoms with Crippen LogP contribution in [-0.4, -0.2) is 62.7 Å². The summed E-state index contributed by atoms with van der Waals surface area (Å²) in [7, 11) is -4.01. The van der Waals surface area contributed by atoms with Gasteiger partial charge in [0, 0.05) is 18.7 Å². The second-order valence-corrected chi connectivity index (χ2v) is 12.2. The highest BCUT2D eigenvalue weighted by Crippen LogP contribution is 2.36. The third kappa shape index (κ3) is 5.76. The lowest BCUT2D eigenvalue weighted by molar-refractivity contribution is -0.142. The summed E-state index contributed by atoms with van der Waals surface area (Å²) in [6.45, 7) is 1.39. The molecule has 19 heteroatoms. The number of fused-ring (bicyclic) bond motifs is 1. The number of aryl methyl sites for hydroxylation is 1. The molecule has 0 saturated carbocycles. The molecule has 3 aromatic heterocycles. The van der Waals surface area contributed by atoms with Gasteiger partial charge in [-0.1, -0.05) is 23.5 Å². The molecule has 2 N–H and O–H groups in total. The van der Waals surface area contributed by atoms with Crippen LogP contribution < -0.4 is 10.1 Å². The van der Waals surface area contributed by atoms with Gasteiger partial charge in [-0.05, 0) is 31.5 Å². The molecule has 1 aliphatic heterocycles. The number of nitrogens with one attached hydrogen (secondary N) is 1. The second kappa shape index (κ2) is 10.5. The molecule has 0 aliphatic carbocycles. The first-order valence-corrected chi connectivity index (χ1v) is 14.1. The normalized spacial score (nSPS) is 16.7. The van der Waals surface area contributed by atoms with E-state index in [1.54, 1.807) is 0 Å². The van der Waals surface area contributed by atoms with E-state index in [-0.39, 0.29) is 45.8 Å². The molecule has 0 spiro atoms. The van der Waals surface area contributed by atoms with E-state index in [1.807, 2.05) is 0 Å². The van der Waals surface area contributed by atoms with Crippen LogP contribution >= 0.6 is 11.3 Å². The molecule has 1 atom stereocenters. The minimum absolute atomic E-state index is 0.0605. The number of hydrogen-bond acceptors (Lipinski definition) is 9. The summed E-state index contributed by atoms with van der Waals surface area (Å²) in [5, 5.41) is 15.3. The van der Waals surface area contributed by atoms with Gasteiger partial charge in [-0.25, -0.2) is 27.7 Å². The SMILES string of the molecule is Cc1nc(NC(=O)Oc2cnn3c(C(F)(F)F)cc(-c4ccc(C(F)(F)F)cc4)nc23)sc1S(=O)(=O)N1CCC(O)C1. The van der Waals surface area contributed by atoms with Crippen LogP contribution in [0.5, 0.6) is 5.75 Å². The van der Waals surface area contributed by atoms with Gasteiger partial charge in [-0.15, -0.1) is 0 Å². The highest BCUT2D eigenvalue weighted by atomic mass is 32.2. The molecular formula is C23H18F6N6O5S2. The van der Waals surface area contributed by atoms with Crippen molar-refractivity contribution < 1.29 is 49.4 Å². The molecule has 42 heavy (non-hydrogen) atoms. The molecule has 1 fully saturated rings. The van der Waals surface area contributed by atoms with Gasteiger partial charge in [0.25, 0.3) is 10.0 Å². The molecule has 1 aliphatic rings. The van der Waals surface area contributed by atoms with Gasteiger partial charge in [0.05, 0.1) is 29.3 Å². The number of hydrogen-bond donors (Lipinski definition) is 2. The fourth-order valence-corrected chi connectivity index (χ4v) is 7.16. The van der Waals surface area contributed by atoms with Gasteiger partial charge in [0.1, 0.15) is 0 Å². The van der Waals surface area contributed by atoms with Crippen LogP contribution in [0.15, 0.2) is 40.7 Å². The zero-order valence-electron chi connectivity index (χ0n) is 21.1. The molecule has 1 aromatic carbocycles. The molecule has 1 amide bonds. The summed E-state index contributed by atoms with van der Waals surface area (Å²) < 4.78 is 112. The highest BCUT2D eigenvalue weighted by Gasteiger charge is 2.37. The zero-order valence-corrected chi connectivity index (χ0v) is 22.7. The molecule has 224 valence electrons. The Labute approximate surface area is 236 Å². The fourth-order valence-electron chi connectivity index (χ4n) is 4.13. The maximum Gasteiger partial charge on any atom is 0.433 e. The number of nitrogens with zero attached hydrogens (tertiary/aromatic N) is 5. The number of amides is 1. The average Bonchev–Trinajstić information content (AvgIpc) is 3.61. The lowest BCUT2D eigenvalue weighted by Crippen LogP contribution is -2.29. The Bertz CT molecular complexity index is 1770. The van der Waals surface area contributed by atoms with Crippen LogP contribution in [0.2, 0.25) is 0 Å². The fraction of sp³-hybridized carbons (Fsp3) is 0.304. The van der Waals surface area contributed by atoms with Crippen molar-refractivity contribution in [3.05, 3.63) is 53.5 Å². The lowest BCUT2D eigenvalue weighted by Gasteiger charge is -2.14. The zero-order chi connectivity index (χ0) is 30.6. The number of anilines is 1. The summed E-state index contributed by atoms with van der Waals surface area (Å²) in [6.07, 6.45) is -10.6. The minimum atomic E-state index is -4.97. The topological polar surface area (TPSA) is 139 Å². The third-order valence-corrected chi connectivity index (χ3v) is 9.63. The van der Waals surface area contributed by atoms with Crippen LogP contribution in [0.3, 0.4) is 0 Å². The number of ether oxygens (including phenoxy) is 1. The maximum absolute atomic E-state index is 13.8. The number of aromatic nitrogens is 4. The molecule has 1 saturated heterocycles. The molecule has 1 unspecified atom stereocenters. The molecule has 4 heterocycles. The Morgan fingerprint density at radius 1 is 1.12 bits per heavy atom. The molecule has 11 nitrogen and oxygen atoms in total. The van der Waals surface area contributed by atoms with Crippen molar-refractivity contribution in [2.24, 2.45) is 0 Å². The number of β-amino-alcohol motifs (C(OH)–C–C–N with tert-alkyl or cyclic N) is 1. The van der Waals surface area contributed by atoms with E-state index in [0.717, 1.165) is 22.6 Å². The molecule has 5 rings (SSSR count). The Balaban J connectivity index is 1.42. The van der Waals surface area contributed by atoms with Gasteiger partial charge in [-0.2, -0.15) is 35.7 Å². The lowest BCUT2D eigenvalue weighted by atomic mass is 10.1. The van der Waals surface area contributed by atoms with E-state index in [1.165, 1.54) is 6.92 Å². The van der Waals surface area contributed by atoms with Crippen molar-refractivity contribution in [1.29, 1.82) is 0 Å². The van der Waals surface area contributed by atoms with Crippen molar-refractivity contribution in [3.8, 4) is 17.0 Å². The third-order valence-electron chi connectivity index (χ3n) is 6.10. The molecule has 0 bridgehead atoms.